The van der Waals surface area contributed by atoms with Crippen molar-refractivity contribution in [2.24, 2.45) is 0 Å². The third kappa shape index (κ3) is 2.85. The van der Waals surface area contributed by atoms with Crippen molar-refractivity contribution < 1.29 is 0 Å². The van der Waals surface area contributed by atoms with Gasteiger partial charge in [-0.2, -0.15) is 0 Å². The zero-order valence-electron chi connectivity index (χ0n) is 8.88. The molecule has 0 aromatic heterocycles. The Bertz CT molecular complexity index is 318. The SMILES string of the molecule is C=C(CP)Nc1ccccc1C(C)C. The molecule has 0 fully saturated rings. The zero-order valence-corrected chi connectivity index (χ0v) is 10.0. The molecule has 0 bridgehead atoms. The van der Waals surface area contributed by atoms with Crippen LogP contribution in [0.5, 0.6) is 0 Å². The Hall–Kier alpha value is -0.810. The van der Waals surface area contributed by atoms with Crippen LogP contribution in [-0.2, 0) is 0 Å². The molecule has 0 radical (unpaired) electrons. The van der Waals surface area contributed by atoms with Gasteiger partial charge in [0.15, 0.2) is 0 Å². The number of benzene rings is 1. The minimum absolute atomic E-state index is 0.538. The van der Waals surface area contributed by atoms with Crippen LogP contribution in [0, 0.1) is 0 Å². The van der Waals surface area contributed by atoms with Crippen LogP contribution in [-0.4, -0.2) is 6.16 Å². The molecular weight excluding hydrogens is 189 g/mol. The molecule has 1 rings (SSSR count). The highest BCUT2D eigenvalue weighted by atomic mass is 31.0. The van der Waals surface area contributed by atoms with Gasteiger partial charge in [-0.25, -0.2) is 0 Å². The number of anilines is 1. The van der Waals surface area contributed by atoms with E-state index in [0.29, 0.717) is 5.92 Å². The average molecular weight is 207 g/mol. The van der Waals surface area contributed by atoms with Crippen LogP contribution < -0.4 is 5.32 Å². The highest BCUT2D eigenvalue weighted by molar-refractivity contribution is 7.16. The Kier molecular flexibility index (Phi) is 4.16. The van der Waals surface area contributed by atoms with Crippen LogP contribution in [0.1, 0.15) is 25.3 Å². The van der Waals surface area contributed by atoms with Crippen molar-refractivity contribution in [2.75, 3.05) is 11.5 Å². The maximum Gasteiger partial charge on any atom is 0.0416 e. The molecule has 0 saturated carbocycles. The Morgan fingerprint density at radius 2 is 2.07 bits per heavy atom. The predicted octanol–water partition coefficient (Wildman–Crippen LogP) is 3.61. The Morgan fingerprint density at radius 3 is 2.64 bits per heavy atom. The monoisotopic (exact) mass is 207 g/mol. The van der Waals surface area contributed by atoms with E-state index in [1.807, 2.05) is 6.07 Å². The lowest BCUT2D eigenvalue weighted by Crippen LogP contribution is -2.02. The summed E-state index contributed by atoms with van der Waals surface area (Å²) in [7, 11) is 2.67. The van der Waals surface area contributed by atoms with Gasteiger partial charge in [-0.05, 0) is 17.5 Å². The molecule has 1 atom stereocenters. The van der Waals surface area contributed by atoms with E-state index < -0.39 is 0 Å². The van der Waals surface area contributed by atoms with E-state index in [1.54, 1.807) is 0 Å². The Balaban J connectivity index is 2.90. The van der Waals surface area contributed by atoms with E-state index in [4.69, 9.17) is 0 Å². The summed E-state index contributed by atoms with van der Waals surface area (Å²) in [4.78, 5) is 0. The van der Waals surface area contributed by atoms with Crippen molar-refractivity contribution >= 4 is 14.9 Å². The maximum atomic E-state index is 3.94. The number of rotatable bonds is 4. The fourth-order valence-corrected chi connectivity index (χ4v) is 1.46. The van der Waals surface area contributed by atoms with Crippen molar-refractivity contribution in [2.45, 2.75) is 19.8 Å². The van der Waals surface area contributed by atoms with Crippen LogP contribution in [0.3, 0.4) is 0 Å². The molecule has 1 aromatic rings. The molecule has 14 heavy (non-hydrogen) atoms. The second kappa shape index (κ2) is 5.17. The fraction of sp³-hybridized carbons (Fsp3) is 0.333. The first-order chi connectivity index (χ1) is 6.65. The lowest BCUT2D eigenvalue weighted by atomic mass is 10.0. The molecule has 76 valence electrons. The molecular formula is C12H18NP. The van der Waals surface area contributed by atoms with E-state index >= 15 is 0 Å². The predicted molar refractivity (Wildman–Crippen MR) is 67.9 cm³/mol. The van der Waals surface area contributed by atoms with Crippen molar-refractivity contribution in [3.63, 3.8) is 0 Å². The minimum atomic E-state index is 0.538. The minimum Gasteiger partial charge on any atom is -0.359 e. The summed E-state index contributed by atoms with van der Waals surface area (Å²) in [5.41, 5.74) is 3.55. The summed E-state index contributed by atoms with van der Waals surface area (Å²) in [6.45, 7) is 8.33. The van der Waals surface area contributed by atoms with Crippen LogP contribution >= 0.6 is 9.24 Å². The first-order valence-electron chi connectivity index (χ1n) is 4.89. The average Bonchev–Trinajstić information content (AvgIpc) is 2.18. The Morgan fingerprint density at radius 1 is 1.43 bits per heavy atom. The molecule has 0 heterocycles. The third-order valence-electron chi connectivity index (χ3n) is 2.14. The smallest absolute Gasteiger partial charge is 0.0416 e. The molecule has 0 spiro atoms. The summed E-state index contributed by atoms with van der Waals surface area (Å²) in [6.07, 6.45) is 0.881. The quantitative estimate of drug-likeness (QED) is 0.744. The zero-order chi connectivity index (χ0) is 10.6. The van der Waals surface area contributed by atoms with Gasteiger partial charge >= 0.3 is 0 Å². The van der Waals surface area contributed by atoms with Gasteiger partial charge in [0, 0.05) is 17.5 Å². The van der Waals surface area contributed by atoms with Crippen molar-refractivity contribution in [1.29, 1.82) is 0 Å². The number of hydrogen-bond donors (Lipinski definition) is 1. The number of para-hydroxylation sites is 1. The van der Waals surface area contributed by atoms with Gasteiger partial charge in [0.1, 0.15) is 0 Å². The summed E-state index contributed by atoms with van der Waals surface area (Å²) in [6, 6.07) is 8.37. The Labute approximate surface area is 88.8 Å². The molecule has 0 aliphatic rings. The number of hydrogen-bond acceptors (Lipinski definition) is 1. The number of nitrogens with one attached hydrogen (secondary N) is 1. The van der Waals surface area contributed by atoms with Gasteiger partial charge in [0.2, 0.25) is 0 Å². The van der Waals surface area contributed by atoms with E-state index in [1.165, 1.54) is 11.3 Å². The normalized spacial score (nSPS) is 10.3. The summed E-state index contributed by atoms with van der Waals surface area (Å²) < 4.78 is 0. The van der Waals surface area contributed by atoms with Crippen molar-refractivity contribution in [3.05, 3.63) is 42.1 Å². The maximum absolute atomic E-state index is 3.94. The lowest BCUT2D eigenvalue weighted by Gasteiger charge is -2.15. The second-order valence-electron chi connectivity index (χ2n) is 3.67. The van der Waals surface area contributed by atoms with Crippen LogP contribution in [0.25, 0.3) is 0 Å². The summed E-state index contributed by atoms with van der Waals surface area (Å²) in [5, 5.41) is 3.33. The van der Waals surface area contributed by atoms with E-state index in [0.717, 1.165) is 11.9 Å². The molecule has 1 unspecified atom stereocenters. The standard InChI is InChI=1S/C12H18NP/c1-9(2)11-6-4-5-7-12(11)13-10(3)8-14/h4-7,9,13H,3,8,14H2,1-2H3. The van der Waals surface area contributed by atoms with Gasteiger partial charge in [0.25, 0.3) is 0 Å². The third-order valence-corrected chi connectivity index (χ3v) is 2.63. The molecule has 0 aliphatic heterocycles. The van der Waals surface area contributed by atoms with Crippen LogP contribution in [0.2, 0.25) is 0 Å². The van der Waals surface area contributed by atoms with Gasteiger partial charge < -0.3 is 5.32 Å². The topological polar surface area (TPSA) is 12.0 Å². The molecule has 1 nitrogen and oxygen atoms in total. The fourth-order valence-electron chi connectivity index (χ4n) is 1.36. The van der Waals surface area contributed by atoms with Crippen LogP contribution in [0.4, 0.5) is 5.69 Å². The van der Waals surface area contributed by atoms with Gasteiger partial charge in [0.05, 0.1) is 0 Å². The van der Waals surface area contributed by atoms with Crippen LogP contribution in [0.15, 0.2) is 36.5 Å². The van der Waals surface area contributed by atoms with E-state index in [-0.39, 0.29) is 0 Å². The van der Waals surface area contributed by atoms with Crippen molar-refractivity contribution in [3.8, 4) is 0 Å². The first-order valence-corrected chi connectivity index (χ1v) is 5.70. The highest BCUT2D eigenvalue weighted by Crippen LogP contribution is 2.24. The summed E-state index contributed by atoms with van der Waals surface area (Å²) >= 11 is 0. The molecule has 1 N–H and O–H groups in total. The molecule has 0 saturated heterocycles. The summed E-state index contributed by atoms with van der Waals surface area (Å²) in [5.74, 6) is 0.538. The van der Waals surface area contributed by atoms with E-state index in [9.17, 15) is 0 Å². The van der Waals surface area contributed by atoms with Gasteiger partial charge in [-0.3, -0.25) is 0 Å². The largest absolute Gasteiger partial charge is 0.359 e. The van der Waals surface area contributed by atoms with Gasteiger partial charge in [-0.15, -0.1) is 9.24 Å². The first kappa shape index (κ1) is 11.3. The highest BCUT2D eigenvalue weighted by Gasteiger charge is 2.05. The molecule has 0 aliphatic carbocycles. The number of allylic oxidation sites excluding steroid dienone is 1. The van der Waals surface area contributed by atoms with Crippen molar-refractivity contribution in [1.82, 2.24) is 0 Å². The molecule has 1 aromatic carbocycles. The van der Waals surface area contributed by atoms with E-state index in [2.05, 4.69) is 53.2 Å². The molecule has 2 heteroatoms. The molecule has 0 amide bonds. The lowest BCUT2D eigenvalue weighted by molar-refractivity contribution is 0.868. The van der Waals surface area contributed by atoms with Gasteiger partial charge in [-0.1, -0.05) is 38.6 Å². The second-order valence-corrected chi connectivity index (χ2v) is 4.08.